The van der Waals surface area contributed by atoms with Crippen LogP contribution in [0.2, 0.25) is 0 Å². The largest absolute Gasteiger partial charge is 0.351 e. The lowest BCUT2D eigenvalue weighted by molar-refractivity contribution is 0.485. The average Bonchev–Trinajstić information content (AvgIpc) is 3.03. The number of hydrogen-bond donors (Lipinski definition) is 2. The summed E-state index contributed by atoms with van der Waals surface area (Å²) in [6, 6.07) is 12.5. The molecule has 3 aromatic rings. The van der Waals surface area contributed by atoms with E-state index in [4.69, 9.17) is 0 Å². The van der Waals surface area contributed by atoms with E-state index in [1.165, 1.54) is 6.07 Å². The SMILES string of the molecule is Cc1cc(C)nc(Nc2cccc(S(=O)(=O)NCc3cccnc3N3CC(C)CC3(C)C)n2)c1. The Morgan fingerprint density at radius 3 is 2.59 bits per heavy atom. The Kier molecular flexibility index (Phi) is 6.60. The van der Waals surface area contributed by atoms with Crippen LogP contribution in [0.15, 0.2) is 53.7 Å². The van der Waals surface area contributed by atoms with E-state index in [0.717, 1.165) is 35.6 Å². The first-order valence-electron chi connectivity index (χ1n) is 11.4. The van der Waals surface area contributed by atoms with Crippen LogP contribution in [-0.4, -0.2) is 35.5 Å². The topological polar surface area (TPSA) is 100 Å². The first-order valence-corrected chi connectivity index (χ1v) is 12.9. The number of sulfonamides is 1. The minimum atomic E-state index is -3.84. The summed E-state index contributed by atoms with van der Waals surface area (Å²) in [5.41, 5.74) is 2.73. The lowest BCUT2D eigenvalue weighted by Crippen LogP contribution is -2.39. The standard InChI is InChI=1S/C25H32N6O2S/c1-17-12-19(3)28-22(13-17)29-21-9-6-10-23(30-21)34(32,33)27-15-20-8-7-11-26-24(20)31-16-18(2)14-25(31,4)5/h6-13,18,27H,14-16H2,1-5H3,(H,28,29,30). The van der Waals surface area contributed by atoms with Gasteiger partial charge in [0.15, 0.2) is 5.03 Å². The molecule has 3 aromatic heterocycles. The molecule has 1 aliphatic rings. The van der Waals surface area contributed by atoms with Crippen LogP contribution in [0, 0.1) is 19.8 Å². The summed E-state index contributed by atoms with van der Waals surface area (Å²) in [4.78, 5) is 15.6. The first-order chi connectivity index (χ1) is 16.0. The highest BCUT2D eigenvalue weighted by molar-refractivity contribution is 7.89. The summed E-state index contributed by atoms with van der Waals surface area (Å²) in [6.45, 7) is 11.5. The highest BCUT2D eigenvalue weighted by Crippen LogP contribution is 2.37. The number of nitrogens with one attached hydrogen (secondary N) is 2. The van der Waals surface area contributed by atoms with Crippen LogP contribution < -0.4 is 14.9 Å². The summed E-state index contributed by atoms with van der Waals surface area (Å²) in [5.74, 6) is 2.40. The van der Waals surface area contributed by atoms with Crippen LogP contribution in [0.25, 0.3) is 0 Å². The van der Waals surface area contributed by atoms with Gasteiger partial charge in [-0.15, -0.1) is 0 Å². The molecule has 1 fully saturated rings. The van der Waals surface area contributed by atoms with Gasteiger partial charge in [-0.2, -0.15) is 0 Å². The number of aromatic nitrogens is 3. The van der Waals surface area contributed by atoms with E-state index >= 15 is 0 Å². The lowest BCUT2D eigenvalue weighted by Gasteiger charge is -2.34. The average molecular weight is 481 g/mol. The van der Waals surface area contributed by atoms with E-state index in [2.05, 4.69) is 50.7 Å². The fraction of sp³-hybridized carbons (Fsp3) is 0.400. The molecule has 1 aliphatic heterocycles. The highest BCUT2D eigenvalue weighted by atomic mass is 32.2. The number of hydrogen-bond acceptors (Lipinski definition) is 7. The maximum Gasteiger partial charge on any atom is 0.258 e. The minimum absolute atomic E-state index is 0.0366. The van der Waals surface area contributed by atoms with E-state index in [0.29, 0.717) is 17.6 Å². The van der Waals surface area contributed by atoms with Crippen molar-refractivity contribution in [2.45, 2.75) is 58.1 Å². The maximum atomic E-state index is 13.1. The zero-order valence-electron chi connectivity index (χ0n) is 20.3. The summed E-state index contributed by atoms with van der Waals surface area (Å²) >= 11 is 0. The molecule has 0 aromatic carbocycles. The Bertz CT molecular complexity index is 1270. The van der Waals surface area contributed by atoms with Crippen molar-refractivity contribution < 1.29 is 8.42 Å². The number of nitrogens with zero attached hydrogens (tertiary/aromatic N) is 4. The third-order valence-electron chi connectivity index (χ3n) is 6.00. The predicted molar refractivity (Wildman–Crippen MR) is 135 cm³/mol. The summed E-state index contributed by atoms with van der Waals surface area (Å²) in [6.07, 6.45) is 2.82. The lowest BCUT2D eigenvalue weighted by atomic mass is 9.97. The molecule has 1 unspecified atom stereocenters. The highest BCUT2D eigenvalue weighted by Gasteiger charge is 2.38. The van der Waals surface area contributed by atoms with E-state index < -0.39 is 10.0 Å². The summed E-state index contributed by atoms with van der Waals surface area (Å²) in [7, 11) is -3.84. The van der Waals surface area contributed by atoms with Crippen LogP contribution in [0.3, 0.4) is 0 Å². The second-order valence-corrected chi connectivity index (χ2v) is 11.4. The normalized spacial score (nSPS) is 17.7. The Hall–Kier alpha value is -3.04. The Morgan fingerprint density at radius 2 is 1.88 bits per heavy atom. The van der Waals surface area contributed by atoms with Crippen molar-refractivity contribution in [3.05, 3.63) is 65.5 Å². The van der Waals surface area contributed by atoms with Gasteiger partial charge in [0.1, 0.15) is 17.5 Å². The van der Waals surface area contributed by atoms with Crippen LogP contribution in [0.5, 0.6) is 0 Å². The van der Waals surface area contributed by atoms with Gasteiger partial charge in [0.25, 0.3) is 10.0 Å². The Balaban J connectivity index is 1.52. The van der Waals surface area contributed by atoms with Gasteiger partial charge in [-0.1, -0.05) is 19.1 Å². The third kappa shape index (κ3) is 5.37. The van der Waals surface area contributed by atoms with Gasteiger partial charge >= 0.3 is 0 Å². The minimum Gasteiger partial charge on any atom is -0.351 e. The van der Waals surface area contributed by atoms with Crippen molar-refractivity contribution in [2.75, 3.05) is 16.8 Å². The molecule has 0 amide bonds. The molecule has 0 radical (unpaired) electrons. The van der Waals surface area contributed by atoms with Crippen molar-refractivity contribution in [1.82, 2.24) is 19.7 Å². The van der Waals surface area contributed by atoms with Gasteiger partial charge in [-0.3, -0.25) is 0 Å². The zero-order chi connectivity index (χ0) is 24.5. The number of anilines is 3. The monoisotopic (exact) mass is 480 g/mol. The summed E-state index contributed by atoms with van der Waals surface area (Å²) in [5, 5.41) is 3.05. The van der Waals surface area contributed by atoms with Gasteiger partial charge in [0.2, 0.25) is 0 Å². The number of rotatable bonds is 7. The van der Waals surface area contributed by atoms with E-state index in [1.54, 1.807) is 18.3 Å². The van der Waals surface area contributed by atoms with Crippen molar-refractivity contribution >= 4 is 27.5 Å². The molecule has 0 aliphatic carbocycles. The van der Waals surface area contributed by atoms with E-state index in [9.17, 15) is 8.42 Å². The molecule has 4 heterocycles. The third-order valence-corrected chi connectivity index (χ3v) is 7.30. The second-order valence-electron chi connectivity index (χ2n) is 9.70. The fourth-order valence-electron chi connectivity index (χ4n) is 4.69. The van der Waals surface area contributed by atoms with E-state index in [-0.39, 0.29) is 17.1 Å². The fourth-order valence-corrected chi connectivity index (χ4v) is 5.66. The maximum absolute atomic E-state index is 13.1. The number of pyridine rings is 3. The molecule has 9 heteroatoms. The predicted octanol–water partition coefficient (Wildman–Crippen LogP) is 4.34. The summed E-state index contributed by atoms with van der Waals surface area (Å²) < 4.78 is 28.9. The van der Waals surface area contributed by atoms with Gasteiger partial charge in [0, 0.05) is 36.1 Å². The molecule has 1 atom stereocenters. The van der Waals surface area contributed by atoms with E-state index in [1.807, 2.05) is 38.1 Å². The van der Waals surface area contributed by atoms with Crippen LogP contribution in [0.4, 0.5) is 17.5 Å². The van der Waals surface area contributed by atoms with Crippen LogP contribution in [-0.2, 0) is 16.6 Å². The van der Waals surface area contributed by atoms with Crippen molar-refractivity contribution in [2.24, 2.45) is 5.92 Å². The van der Waals surface area contributed by atoms with Gasteiger partial charge in [0.05, 0.1) is 0 Å². The van der Waals surface area contributed by atoms with Crippen LogP contribution in [0.1, 0.15) is 44.0 Å². The molecule has 0 spiro atoms. The van der Waals surface area contributed by atoms with Gasteiger partial charge in [-0.25, -0.2) is 28.1 Å². The van der Waals surface area contributed by atoms with Crippen LogP contribution >= 0.6 is 0 Å². The Labute approximate surface area is 201 Å². The molecule has 0 saturated carbocycles. The Morgan fingerprint density at radius 1 is 1.09 bits per heavy atom. The molecule has 2 N–H and O–H groups in total. The number of aryl methyl sites for hydroxylation is 2. The van der Waals surface area contributed by atoms with Crippen molar-refractivity contribution in [1.29, 1.82) is 0 Å². The second kappa shape index (κ2) is 9.31. The first kappa shape index (κ1) is 24.1. The molecular weight excluding hydrogens is 448 g/mol. The molecule has 34 heavy (non-hydrogen) atoms. The molecule has 0 bridgehead atoms. The van der Waals surface area contributed by atoms with Crippen molar-refractivity contribution in [3.8, 4) is 0 Å². The molecule has 1 saturated heterocycles. The smallest absolute Gasteiger partial charge is 0.258 e. The zero-order valence-corrected chi connectivity index (χ0v) is 21.1. The van der Waals surface area contributed by atoms with Gasteiger partial charge < -0.3 is 10.2 Å². The molecule has 4 rings (SSSR count). The van der Waals surface area contributed by atoms with Crippen molar-refractivity contribution in [3.63, 3.8) is 0 Å². The van der Waals surface area contributed by atoms with Gasteiger partial charge in [-0.05, 0) is 75.9 Å². The molecular formula is C25H32N6O2S. The molecule has 8 nitrogen and oxygen atoms in total. The molecule has 180 valence electrons. The quantitative estimate of drug-likeness (QED) is 0.519.